The van der Waals surface area contributed by atoms with Crippen molar-refractivity contribution in [3.8, 4) is 0 Å². The molecule has 8 heteroatoms. The van der Waals surface area contributed by atoms with Gasteiger partial charge in [-0.25, -0.2) is 9.97 Å². The fourth-order valence-electron chi connectivity index (χ4n) is 2.84. The number of likely N-dealkylation sites (tertiary alicyclic amines) is 1. The second kappa shape index (κ2) is 8.51. The Balaban J connectivity index is 1.84. The maximum Gasteiger partial charge on any atom is 0.276 e. The van der Waals surface area contributed by atoms with Crippen molar-refractivity contribution < 1.29 is 9.59 Å². The molecule has 3 rings (SSSR count). The number of anilines is 1. The Labute approximate surface area is 161 Å². The maximum absolute atomic E-state index is 12.8. The SMILES string of the molecule is CSc1ncc(Cl)c(C(=O)Nc2ccccc2C(=O)N2CCCCC2)n1. The fourth-order valence-corrected chi connectivity index (χ4v) is 3.35. The van der Waals surface area contributed by atoms with Crippen LogP contribution in [0.15, 0.2) is 35.6 Å². The van der Waals surface area contributed by atoms with E-state index in [4.69, 9.17) is 11.6 Å². The van der Waals surface area contributed by atoms with Gasteiger partial charge in [0.25, 0.3) is 11.8 Å². The summed E-state index contributed by atoms with van der Waals surface area (Å²) in [5.74, 6) is -0.536. The molecular weight excluding hydrogens is 372 g/mol. The van der Waals surface area contributed by atoms with Crippen molar-refractivity contribution in [3.05, 3.63) is 46.7 Å². The predicted molar refractivity (Wildman–Crippen MR) is 103 cm³/mol. The molecule has 0 spiro atoms. The number of amides is 2. The largest absolute Gasteiger partial charge is 0.339 e. The van der Waals surface area contributed by atoms with Gasteiger partial charge in [-0.15, -0.1) is 0 Å². The van der Waals surface area contributed by atoms with Crippen molar-refractivity contribution in [2.24, 2.45) is 0 Å². The van der Waals surface area contributed by atoms with Gasteiger partial charge in [-0.1, -0.05) is 35.5 Å². The van der Waals surface area contributed by atoms with Crippen LogP contribution in [0.3, 0.4) is 0 Å². The molecule has 0 saturated carbocycles. The molecule has 1 aromatic heterocycles. The maximum atomic E-state index is 12.8. The molecule has 136 valence electrons. The molecule has 1 N–H and O–H groups in total. The summed E-state index contributed by atoms with van der Waals surface area (Å²) in [7, 11) is 0. The van der Waals surface area contributed by atoms with Crippen LogP contribution in [0.5, 0.6) is 0 Å². The monoisotopic (exact) mass is 390 g/mol. The highest BCUT2D eigenvalue weighted by Crippen LogP contribution is 2.22. The smallest absolute Gasteiger partial charge is 0.276 e. The van der Waals surface area contributed by atoms with Crippen LogP contribution in [0.4, 0.5) is 5.69 Å². The molecule has 2 aromatic rings. The molecule has 1 aromatic carbocycles. The Kier molecular flexibility index (Phi) is 6.11. The number of hydrogen-bond acceptors (Lipinski definition) is 5. The van der Waals surface area contributed by atoms with Crippen molar-refractivity contribution in [1.82, 2.24) is 14.9 Å². The average Bonchev–Trinajstić information content (AvgIpc) is 2.69. The first kappa shape index (κ1) is 18.7. The van der Waals surface area contributed by atoms with Gasteiger partial charge in [0.05, 0.1) is 22.5 Å². The van der Waals surface area contributed by atoms with Gasteiger partial charge in [0.2, 0.25) is 0 Å². The fraction of sp³-hybridized carbons (Fsp3) is 0.333. The highest BCUT2D eigenvalue weighted by Gasteiger charge is 2.22. The number of halogens is 1. The molecule has 0 atom stereocenters. The van der Waals surface area contributed by atoms with E-state index in [1.165, 1.54) is 18.0 Å². The quantitative estimate of drug-likeness (QED) is 0.635. The van der Waals surface area contributed by atoms with E-state index in [0.29, 0.717) is 16.4 Å². The Morgan fingerprint density at radius 2 is 1.92 bits per heavy atom. The van der Waals surface area contributed by atoms with E-state index < -0.39 is 5.91 Å². The third-order valence-corrected chi connectivity index (χ3v) is 5.01. The predicted octanol–water partition coefficient (Wildman–Crippen LogP) is 3.73. The Morgan fingerprint density at radius 3 is 2.65 bits per heavy atom. The van der Waals surface area contributed by atoms with E-state index in [-0.39, 0.29) is 16.6 Å². The molecule has 0 radical (unpaired) electrons. The van der Waals surface area contributed by atoms with E-state index in [2.05, 4.69) is 15.3 Å². The molecule has 1 fully saturated rings. The first-order valence-electron chi connectivity index (χ1n) is 8.36. The van der Waals surface area contributed by atoms with Crippen molar-refractivity contribution >= 4 is 40.9 Å². The highest BCUT2D eigenvalue weighted by atomic mass is 35.5. The molecule has 1 saturated heterocycles. The normalized spacial score (nSPS) is 14.2. The summed E-state index contributed by atoms with van der Waals surface area (Å²) in [6.45, 7) is 1.49. The van der Waals surface area contributed by atoms with E-state index in [9.17, 15) is 9.59 Å². The zero-order valence-electron chi connectivity index (χ0n) is 14.4. The number of nitrogens with one attached hydrogen (secondary N) is 1. The number of aromatic nitrogens is 2. The zero-order valence-corrected chi connectivity index (χ0v) is 15.9. The van der Waals surface area contributed by atoms with Gasteiger partial charge in [-0.05, 0) is 37.7 Å². The number of nitrogens with zero attached hydrogens (tertiary/aromatic N) is 3. The van der Waals surface area contributed by atoms with Gasteiger partial charge in [-0.3, -0.25) is 9.59 Å². The Morgan fingerprint density at radius 1 is 1.19 bits per heavy atom. The summed E-state index contributed by atoms with van der Waals surface area (Å²) >= 11 is 7.39. The third kappa shape index (κ3) is 4.16. The summed E-state index contributed by atoms with van der Waals surface area (Å²) in [6.07, 6.45) is 6.38. The summed E-state index contributed by atoms with van der Waals surface area (Å²) in [4.78, 5) is 35.5. The zero-order chi connectivity index (χ0) is 18.5. The van der Waals surface area contributed by atoms with Crippen molar-refractivity contribution in [2.45, 2.75) is 24.4 Å². The summed E-state index contributed by atoms with van der Waals surface area (Å²) in [6, 6.07) is 6.99. The van der Waals surface area contributed by atoms with E-state index in [1.807, 2.05) is 11.2 Å². The van der Waals surface area contributed by atoms with Crippen molar-refractivity contribution in [2.75, 3.05) is 24.7 Å². The second-order valence-electron chi connectivity index (χ2n) is 5.91. The van der Waals surface area contributed by atoms with Crippen molar-refractivity contribution in [3.63, 3.8) is 0 Å². The topological polar surface area (TPSA) is 75.2 Å². The van der Waals surface area contributed by atoms with Crippen LogP contribution in [0.25, 0.3) is 0 Å². The number of carbonyl (C=O) groups excluding carboxylic acids is 2. The molecule has 0 bridgehead atoms. The van der Waals surface area contributed by atoms with Gasteiger partial charge >= 0.3 is 0 Å². The number of piperidine rings is 1. The van der Waals surface area contributed by atoms with Crippen LogP contribution in [0, 0.1) is 0 Å². The number of rotatable bonds is 4. The van der Waals surface area contributed by atoms with Gasteiger partial charge in [0.15, 0.2) is 10.9 Å². The lowest BCUT2D eigenvalue weighted by molar-refractivity contribution is 0.0725. The molecular formula is C18H19ClN4O2S. The summed E-state index contributed by atoms with van der Waals surface area (Å²) in [5.41, 5.74) is 1.01. The van der Waals surface area contributed by atoms with E-state index in [1.54, 1.807) is 24.3 Å². The third-order valence-electron chi connectivity index (χ3n) is 4.17. The number of hydrogen-bond donors (Lipinski definition) is 1. The van der Waals surface area contributed by atoms with Crippen LogP contribution < -0.4 is 5.32 Å². The molecule has 2 amide bonds. The average molecular weight is 391 g/mol. The summed E-state index contributed by atoms with van der Waals surface area (Å²) in [5, 5.41) is 3.39. The van der Waals surface area contributed by atoms with Crippen LogP contribution >= 0.6 is 23.4 Å². The molecule has 0 unspecified atom stereocenters. The first-order valence-corrected chi connectivity index (χ1v) is 9.96. The minimum Gasteiger partial charge on any atom is -0.339 e. The Hall–Kier alpha value is -2.12. The number of carbonyl (C=O) groups is 2. The minimum atomic E-state index is -0.466. The second-order valence-corrected chi connectivity index (χ2v) is 7.09. The van der Waals surface area contributed by atoms with Crippen LogP contribution in [0.1, 0.15) is 40.1 Å². The lowest BCUT2D eigenvalue weighted by atomic mass is 10.1. The van der Waals surface area contributed by atoms with Gasteiger partial charge in [0.1, 0.15) is 0 Å². The molecule has 1 aliphatic rings. The van der Waals surface area contributed by atoms with Gasteiger partial charge in [0, 0.05) is 13.1 Å². The van der Waals surface area contributed by atoms with Crippen molar-refractivity contribution in [1.29, 1.82) is 0 Å². The Bertz CT molecular complexity index is 825. The van der Waals surface area contributed by atoms with Gasteiger partial charge in [-0.2, -0.15) is 0 Å². The number of thioether (sulfide) groups is 1. The summed E-state index contributed by atoms with van der Waals surface area (Å²) < 4.78 is 0. The molecule has 2 heterocycles. The number of benzene rings is 1. The minimum absolute atomic E-state index is 0.0702. The number of para-hydroxylation sites is 1. The molecule has 6 nitrogen and oxygen atoms in total. The lowest BCUT2D eigenvalue weighted by Gasteiger charge is -2.27. The molecule has 26 heavy (non-hydrogen) atoms. The van der Waals surface area contributed by atoms with Gasteiger partial charge < -0.3 is 10.2 Å². The molecule has 0 aliphatic carbocycles. The van der Waals surface area contributed by atoms with E-state index >= 15 is 0 Å². The van der Waals surface area contributed by atoms with Crippen LogP contribution in [0.2, 0.25) is 5.02 Å². The van der Waals surface area contributed by atoms with Crippen LogP contribution in [-0.4, -0.2) is 46.0 Å². The molecule has 1 aliphatic heterocycles. The lowest BCUT2D eigenvalue weighted by Crippen LogP contribution is -2.36. The van der Waals surface area contributed by atoms with E-state index in [0.717, 1.165) is 32.4 Å². The van der Waals surface area contributed by atoms with Crippen LogP contribution in [-0.2, 0) is 0 Å². The first-order chi connectivity index (χ1) is 12.6. The highest BCUT2D eigenvalue weighted by molar-refractivity contribution is 7.98. The standard InChI is InChI=1S/C18H19ClN4O2S/c1-26-18-20-11-13(19)15(22-18)16(24)21-14-8-4-3-7-12(14)17(25)23-9-5-2-6-10-23/h3-4,7-8,11H,2,5-6,9-10H2,1H3,(H,21,24).